The minimum absolute atomic E-state index is 0.0204. The van der Waals surface area contributed by atoms with Crippen LogP contribution in [0.1, 0.15) is 50.2 Å². The molecule has 1 aromatic heterocycles. The van der Waals surface area contributed by atoms with Gasteiger partial charge in [-0.3, -0.25) is 0 Å². The number of aromatic nitrogens is 1. The van der Waals surface area contributed by atoms with E-state index in [1.54, 1.807) is 11.3 Å². The molecule has 0 bridgehead atoms. The second-order valence-electron chi connectivity index (χ2n) is 6.86. The normalized spacial score (nSPS) is 12.5. The quantitative estimate of drug-likeness (QED) is 0.920. The molecule has 114 valence electrons. The zero-order valence-corrected chi connectivity index (χ0v) is 14.3. The third kappa shape index (κ3) is 4.05. The Bertz CT molecular complexity index is 560. The minimum Gasteiger partial charge on any atom is -0.486 e. The van der Waals surface area contributed by atoms with Crippen LogP contribution in [0.2, 0.25) is 0 Å². The van der Waals surface area contributed by atoms with Crippen LogP contribution in [0.15, 0.2) is 30.3 Å². The molecule has 0 saturated heterocycles. The van der Waals surface area contributed by atoms with Gasteiger partial charge in [0.15, 0.2) is 0 Å². The van der Waals surface area contributed by atoms with Crippen molar-refractivity contribution >= 4 is 11.3 Å². The van der Waals surface area contributed by atoms with Crippen molar-refractivity contribution in [1.29, 1.82) is 0 Å². The van der Waals surface area contributed by atoms with Crippen LogP contribution in [0, 0.1) is 0 Å². The predicted octanol–water partition coefficient (Wildman–Crippen LogP) is 4.21. The number of para-hydroxylation sites is 1. The van der Waals surface area contributed by atoms with Crippen molar-refractivity contribution in [2.24, 2.45) is 5.73 Å². The zero-order chi connectivity index (χ0) is 15.7. The van der Waals surface area contributed by atoms with E-state index in [1.807, 2.05) is 44.2 Å². The maximum Gasteiger partial charge on any atom is 0.140 e. The van der Waals surface area contributed by atoms with Crippen molar-refractivity contribution < 1.29 is 4.74 Å². The Hall–Kier alpha value is -1.39. The van der Waals surface area contributed by atoms with Crippen LogP contribution in [-0.4, -0.2) is 4.98 Å². The Balaban J connectivity index is 2.24. The van der Waals surface area contributed by atoms with E-state index in [2.05, 4.69) is 20.8 Å². The Morgan fingerprint density at radius 1 is 1.10 bits per heavy atom. The van der Waals surface area contributed by atoms with E-state index in [9.17, 15) is 0 Å². The number of nitrogens with zero attached hydrogens (tertiary/aromatic N) is 1. The molecule has 0 fully saturated rings. The highest BCUT2D eigenvalue weighted by molar-refractivity contribution is 7.11. The molecule has 0 saturated carbocycles. The Morgan fingerprint density at radius 3 is 2.19 bits per heavy atom. The van der Waals surface area contributed by atoms with Gasteiger partial charge in [-0.25, -0.2) is 4.98 Å². The van der Waals surface area contributed by atoms with Crippen LogP contribution in [0.4, 0.5) is 0 Å². The summed E-state index contributed by atoms with van der Waals surface area (Å²) in [5.74, 6) is 0.860. The van der Waals surface area contributed by atoms with Gasteiger partial charge in [-0.15, -0.1) is 11.3 Å². The van der Waals surface area contributed by atoms with E-state index >= 15 is 0 Å². The molecule has 2 aromatic rings. The monoisotopic (exact) mass is 304 g/mol. The van der Waals surface area contributed by atoms with Gasteiger partial charge in [0.2, 0.25) is 0 Å². The molecule has 0 radical (unpaired) electrons. The van der Waals surface area contributed by atoms with Crippen LogP contribution in [-0.2, 0) is 17.6 Å². The van der Waals surface area contributed by atoms with E-state index in [1.165, 1.54) is 0 Å². The molecule has 1 heterocycles. The SMILES string of the molecule is CC(C)(C)c1nc(COc2ccccc2)sc1C(C)(C)N. The summed E-state index contributed by atoms with van der Waals surface area (Å²) >= 11 is 1.65. The lowest BCUT2D eigenvalue weighted by Gasteiger charge is -2.24. The first-order valence-corrected chi connectivity index (χ1v) is 7.97. The fourth-order valence-corrected chi connectivity index (χ4v) is 3.23. The number of ether oxygens (including phenoxy) is 1. The molecule has 0 aliphatic rings. The zero-order valence-electron chi connectivity index (χ0n) is 13.4. The van der Waals surface area contributed by atoms with Crippen molar-refractivity contribution in [3.8, 4) is 5.75 Å². The summed E-state index contributed by atoms with van der Waals surface area (Å²) in [4.78, 5) is 5.92. The fraction of sp³-hybridized carbons (Fsp3) is 0.471. The van der Waals surface area contributed by atoms with Crippen LogP contribution >= 0.6 is 11.3 Å². The van der Waals surface area contributed by atoms with Crippen LogP contribution in [0.3, 0.4) is 0 Å². The minimum atomic E-state index is -0.384. The molecule has 0 amide bonds. The van der Waals surface area contributed by atoms with Gasteiger partial charge in [-0.2, -0.15) is 0 Å². The average Bonchev–Trinajstić information content (AvgIpc) is 2.82. The van der Waals surface area contributed by atoms with Crippen molar-refractivity contribution in [2.75, 3.05) is 0 Å². The van der Waals surface area contributed by atoms with E-state index in [0.717, 1.165) is 21.3 Å². The molecular weight excluding hydrogens is 280 g/mol. The molecule has 2 rings (SSSR count). The lowest BCUT2D eigenvalue weighted by atomic mass is 9.87. The molecule has 3 nitrogen and oxygen atoms in total. The van der Waals surface area contributed by atoms with Gasteiger partial charge in [-0.05, 0) is 26.0 Å². The Morgan fingerprint density at radius 2 is 1.71 bits per heavy atom. The summed E-state index contributed by atoms with van der Waals surface area (Å²) in [6, 6.07) is 9.81. The molecule has 0 spiro atoms. The Kier molecular flexibility index (Phi) is 4.40. The average molecular weight is 304 g/mol. The van der Waals surface area contributed by atoms with Crippen molar-refractivity contribution in [1.82, 2.24) is 4.98 Å². The second-order valence-corrected chi connectivity index (χ2v) is 7.94. The summed E-state index contributed by atoms with van der Waals surface area (Å²) in [6.45, 7) is 11.0. The van der Waals surface area contributed by atoms with E-state index < -0.39 is 0 Å². The van der Waals surface area contributed by atoms with Gasteiger partial charge in [0, 0.05) is 15.8 Å². The largest absolute Gasteiger partial charge is 0.486 e. The molecule has 1 aromatic carbocycles. The third-order valence-electron chi connectivity index (χ3n) is 3.07. The van der Waals surface area contributed by atoms with Crippen molar-refractivity contribution in [3.63, 3.8) is 0 Å². The van der Waals surface area contributed by atoms with E-state index in [-0.39, 0.29) is 11.0 Å². The number of thiazole rings is 1. The number of benzene rings is 1. The summed E-state index contributed by atoms with van der Waals surface area (Å²) in [5, 5.41) is 0.970. The smallest absolute Gasteiger partial charge is 0.140 e. The molecule has 0 aliphatic heterocycles. The summed E-state index contributed by atoms with van der Waals surface area (Å²) in [6.07, 6.45) is 0. The molecule has 0 aliphatic carbocycles. The molecule has 0 atom stereocenters. The van der Waals surface area contributed by atoms with Gasteiger partial charge in [0.25, 0.3) is 0 Å². The number of rotatable bonds is 4. The van der Waals surface area contributed by atoms with E-state index in [4.69, 9.17) is 15.5 Å². The van der Waals surface area contributed by atoms with E-state index in [0.29, 0.717) is 6.61 Å². The lowest BCUT2D eigenvalue weighted by molar-refractivity contribution is 0.305. The lowest BCUT2D eigenvalue weighted by Crippen LogP contribution is -2.31. The second kappa shape index (κ2) is 5.78. The molecule has 4 heteroatoms. The first-order valence-electron chi connectivity index (χ1n) is 7.15. The molecular formula is C17H24N2OS. The van der Waals surface area contributed by atoms with Gasteiger partial charge < -0.3 is 10.5 Å². The highest BCUT2D eigenvalue weighted by Crippen LogP contribution is 2.35. The topological polar surface area (TPSA) is 48.1 Å². The Labute approximate surface area is 131 Å². The van der Waals surface area contributed by atoms with Gasteiger partial charge >= 0.3 is 0 Å². The first-order chi connectivity index (χ1) is 9.68. The maximum absolute atomic E-state index is 6.30. The van der Waals surface area contributed by atoms with Crippen LogP contribution < -0.4 is 10.5 Å². The van der Waals surface area contributed by atoms with Crippen molar-refractivity contribution in [2.45, 2.75) is 52.2 Å². The molecule has 0 unspecified atom stereocenters. The summed E-state index contributed by atoms with van der Waals surface area (Å²) in [5.41, 5.74) is 6.98. The summed E-state index contributed by atoms with van der Waals surface area (Å²) < 4.78 is 5.79. The first kappa shape index (κ1) is 16.0. The number of nitrogens with two attached hydrogens (primary N) is 1. The van der Waals surface area contributed by atoms with Gasteiger partial charge in [-0.1, -0.05) is 39.0 Å². The maximum atomic E-state index is 6.30. The molecule has 2 N–H and O–H groups in total. The third-order valence-corrected chi connectivity index (χ3v) is 4.44. The predicted molar refractivity (Wildman–Crippen MR) is 88.8 cm³/mol. The highest BCUT2D eigenvalue weighted by Gasteiger charge is 2.30. The fourth-order valence-electron chi connectivity index (χ4n) is 2.03. The van der Waals surface area contributed by atoms with Gasteiger partial charge in [0.05, 0.1) is 5.69 Å². The standard InChI is InChI=1S/C17H24N2OS/c1-16(2,3)14-15(17(4,5)18)21-13(19-14)11-20-12-9-7-6-8-10-12/h6-10H,11,18H2,1-5H3. The number of hydrogen-bond donors (Lipinski definition) is 1. The van der Waals surface area contributed by atoms with Gasteiger partial charge in [0.1, 0.15) is 17.4 Å². The highest BCUT2D eigenvalue weighted by atomic mass is 32.1. The van der Waals surface area contributed by atoms with Crippen LogP contribution in [0.25, 0.3) is 0 Å². The van der Waals surface area contributed by atoms with Crippen molar-refractivity contribution in [3.05, 3.63) is 45.9 Å². The molecule has 21 heavy (non-hydrogen) atoms. The van der Waals surface area contributed by atoms with Crippen LogP contribution in [0.5, 0.6) is 5.75 Å². The number of hydrogen-bond acceptors (Lipinski definition) is 4. The summed E-state index contributed by atoms with van der Waals surface area (Å²) in [7, 11) is 0.